The quantitative estimate of drug-likeness (QED) is 0.885. The molecule has 0 aromatic heterocycles. The number of carboxylic acids is 1. The number of hydrogen-bond donors (Lipinski definition) is 2. The smallest absolute Gasteiger partial charge is 0.335 e. The lowest BCUT2D eigenvalue weighted by atomic mass is 9.95. The van der Waals surface area contributed by atoms with Gasteiger partial charge in [0.05, 0.1) is 5.56 Å². The molecule has 21 heavy (non-hydrogen) atoms. The summed E-state index contributed by atoms with van der Waals surface area (Å²) < 4.78 is 0. The van der Waals surface area contributed by atoms with Gasteiger partial charge in [0.1, 0.15) is 0 Å². The molecule has 0 radical (unpaired) electrons. The molecule has 0 saturated heterocycles. The summed E-state index contributed by atoms with van der Waals surface area (Å²) in [5, 5.41) is 9.04. The maximum absolute atomic E-state index is 12.7. The minimum Gasteiger partial charge on any atom is -0.478 e. The number of nitrogens with zero attached hydrogens (tertiary/aromatic N) is 1. The van der Waals surface area contributed by atoms with Crippen LogP contribution in [0.2, 0.25) is 0 Å². The van der Waals surface area contributed by atoms with Gasteiger partial charge in [0.25, 0.3) is 0 Å². The van der Waals surface area contributed by atoms with Crippen LogP contribution in [-0.2, 0) is 17.9 Å². The summed E-state index contributed by atoms with van der Waals surface area (Å²) in [4.78, 5) is 25.5. The lowest BCUT2D eigenvalue weighted by Crippen LogP contribution is -2.35. The third-order valence-electron chi connectivity index (χ3n) is 4.77. The van der Waals surface area contributed by atoms with Crippen molar-refractivity contribution in [3.05, 3.63) is 34.9 Å². The van der Waals surface area contributed by atoms with Crippen molar-refractivity contribution in [1.29, 1.82) is 0 Å². The standard InChI is InChI=1S/C16H20N2O3/c17-7-11-2-1-3-14(11)15(19)18-8-12-5-4-10(16(20)21)6-13(12)9-18/h4-6,11,14H,1-3,7-9,17H2,(H,20,21). The van der Waals surface area contributed by atoms with Crippen LogP contribution in [0.25, 0.3) is 0 Å². The fourth-order valence-corrected chi connectivity index (χ4v) is 3.56. The van der Waals surface area contributed by atoms with Crippen molar-refractivity contribution >= 4 is 11.9 Å². The molecular formula is C16H20N2O3. The van der Waals surface area contributed by atoms with Crippen LogP contribution in [0.3, 0.4) is 0 Å². The molecule has 5 heteroatoms. The number of carbonyl (C=O) groups is 2. The largest absolute Gasteiger partial charge is 0.478 e. The maximum atomic E-state index is 12.7. The lowest BCUT2D eigenvalue weighted by Gasteiger charge is -2.23. The minimum absolute atomic E-state index is 0.0447. The SMILES string of the molecule is NCC1CCCC1C(=O)N1Cc2ccc(C(=O)O)cc2C1. The molecule has 0 bridgehead atoms. The van der Waals surface area contributed by atoms with Crippen molar-refractivity contribution in [2.75, 3.05) is 6.54 Å². The van der Waals surface area contributed by atoms with Crippen LogP contribution in [0, 0.1) is 11.8 Å². The Kier molecular flexibility index (Phi) is 3.68. The minimum atomic E-state index is -0.929. The molecule has 1 aliphatic heterocycles. The van der Waals surface area contributed by atoms with E-state index >= 15 is 0 Å². The Bertz CT molecular complexity index is 585. The first kappa shape index (κ1) is 14.1. The van der Waals surface area contributed by atoms with Gasteiger partial charge < -0.3 is 15.7 Å². The van der Waals surface area contributed by atoms with Crippen LogP contribution in [0.1, 0.15) is 40.7 Å². The molecule has 5 nitrogen and oxygen atoms in total. The van der Waals surface area contributed by atoms with E-state index in [1.165, 1.54) is 0 Å². The molecule has 3 rings (SSSR count). The van der Waals surface area contributed by atoms with Crippen LogP contribution in [0.5, 0.6) is 0 Å². The fraction of sp³-hybridized carbons (Fsp3) is 0.500. The molecule has 1 saturated carbocycles. The van der Waals surface area contributed by atoms with Crippen molar-refractivity contribution in [1.82, 2.24) is 4.90 Å². The molecule has 1 heterocycles. The van der Waals surface area contributed by atoms with Crippen molar-refractivity contribution in [3.63, 3.8) is 0 Å². The Balaban J connectivity index is 1.75. The average molecular weight is 288 g/mol. The van der Waals surface area contributed by atoms with E-state index in [4.69, 9.17) is 10.8 Å². The zero-order valence-corrected chi connectivity index (χ0v) is 11.9. The number of aromatic carboxylic acids is 1. The summed E-state index contributed by atoms with van der Waals surface area (Å²) in [5.74, 6) is -0.406. The predicted octanol–water partition coefficient (Wildman–Crippen LogP) is 1.60. The second-order valence-corrected chi connectivity index (χ2v) is 6.02. The zero-order chi connectivity index (χ0) is 15.0. The molecule has 1 aromatic carbocycles. The van der Waals surface area contributed by atoms with Gasteiger partial charge in [-0.3, -0.25) is 4.79 Å². The summed E-state index contributed by atoms with van der Waals surface area (Å²) in [6.07, 6.45) is 3.03. The molecule has 2 unspecified atom stereocenters. The lowest BCUT2D eigenvalue weighted by molar-refractivity contribution is -0.137. The monoisotopic (exact) mass is 288 g/mol. The van der Waals surface area contributed by atoms with E-state index < -0.39 is 5.97 Å². The van der Waals surface area contributed by atoms with Gasteiger partial charge in [0.15, 0.2) is 0 Å². The Morgan fingerprint density at radius 1 is 1.24 bits per heavy atom. The number of carbonyl (C=O) groups excluding carboxylic acids is 1. The summed E-state index contributed by atoms with van der Waals surface area (Å²) in [6, 6.07) is 5.11. The summed E-state index contributed by atoms with van der Waals surface area (Å²) in [7, 11) is 0. The van der Waals surface area contributed by atoms with Gasteiger partial charge in [0.2, 0.25) is 5.91 Å². The van der Waals surface area contributed by atoms with Crippen molar-refractivity contribution < 1.29 is 14.7 Å². The number of fused-ring (bicyclic) bond motifs is 1. The Hall–Kier alpha value is -1.88. The average Bonchev–Trinajstić information content (AvgIpc) is 3.11. The summed E-state index contributed by atoms with van der Waals surface area (Å²) in [5.41, 5.74) is 8.04. The van der Waals surface area contributed by atoms with Crippen LogP contribution in [0.4, 0.5) is 0 Å². The second kappa shape index (κ2) is 5.48. The first-order chi connectivity index (χ1) is 10.1. The van der Waals surface area contributed by atoms with Gasteiger partial charge >= 0.3 is 5.97 Å². The van der Waals surface area contributed by atoms with E-state index in [1.807, 2.05) is 11.0 Å². The molecule has 2 aliphatic rings. The highest BCUT2D eigenvalue weighted by molar-refractivity contribution is 5.88. The van der Waals surface area contributed by atoms with Gasteiger partial charge in [-0.05, 0) is 48.6 Å². The Morgan fingerprint density at radius 3 is 2.71 bits per heavy atom. The first-order valence-electron chi connectivity index (χ1n) is 7.44. The number of hydrogen-bond acceptors (Lipinski definition) is 3. The highest BCUT2D eigenvalue weighted by atomic mass is 16.4. The van der Waals surface area contributed by atoms with Gasteiger partial charge in [-0.25, -0.2) is 4.79 Å². The van der Waals surface area contributed by atoms with Crippen molar-refractivity contribution in [3.8, 4) is 0 Å². The van der Waals surface area contributed by atoms with Crippen molar-refractivity contribution in [2.45, 2.75) is 32.4 Å². The molecule has 112 valence electrons. The molecule has 0 spiro atoms. The fourth-order valence-electron chi connectivity index (χ4n) is 3.56. The van der Waals surface area contributed by atoms with Crippen LogP contribution >= 0.6 is 0 Å². The number of carboxylic acid groups (broad SMARTS) is 1. The molecule has 1 fully saturated rings. The van der Waals surface area contributed by atoms with E-state index in [9.17, 15) is 9.59 Å². The van der Waals surface area contributed by atoms with Crippen molar-refractivity contribution in [2.24, 2.45) is 17.6 Å². The van der Waals surface area contributed by atoms with Crippen LogP contribution in [0.15, 0.2) is 18.2 Å². The Morgan fingerprint density at radius 2 is 2.00 bits per heavy atom. The molecule has 1 aromatic rings. The van der Waals surface area contributed by atoms with Gasteiger partial charge in [0, 0.05) is 19.0 Å². The summed E-state index contributed by atoms with van der Waals surface area (Å²) >= 11 is 0. The molecule has 1 aliphatic carbocycles. The number of amides is 1. The van der Waals surface area contributed by atoms with E-state index in [1.54, 1.807) is 12.1 Å². The number of nitrogens with two attached hydrogens (primary N) is 1. The molecule has 2 atom stereocenters. The van der Waals surface area contributed by atoms with E-state index in [0.29, 0.717) is 25.6 Å². The Labute approximate surface area is 123 Å². The third-order valence-corrected chi connectivity index (χ3v) is 4.77. The highest BCUT2D eigenvalue weighted by Gasteiger charge is 2.36. The second-order valence-electron chi connectivity index (χ2n) is 6.02. The molecule has 3 N–H and O–H groups in total. The van der Waals surface area contributed by atoms with Crippen LogP contribution in [-0.4, -0.2) is 28.4 Å². The molecule has 1 amide bonds. The molecular weight excluding hydrogens is 268 g/mol. The van der Waals surface area contributed by atoms with Gasteiger partial charge in [-0.15, -0.1) is 0 Å². The van der Waals surface area contributed by atoms with Crippen LogP contribution < -0.4 is 5.73 Å². The van der Waals surface area contributed by atoms with E-state index in [-0.39, 0.29) is 17.4 Å². The van der Waals surface area contributed by atoms with Gasteiger partial charge in [-0.2, -0.15) is 0 Å². The normalized spacial score (nSPS) is 24.1. The third kappa shape index (κ3) is 2.53. The summed E-state index contributed by atoms with van der Waals surface area (Å²) in [6.45, 7) is 1.67. The van der Waals surface area contributed by atoms with E-state index in [2.05, 4.69) is 0 Å². The van der Waals surface area contributed by atoms with Gasteiger partial charge in [-0.1, -0.05) is 12.5 Å². The number of benzene rings is 1. The maximum Gasteiger partial charge on any atom is 0.335 e. The topological polar surface area (TPSA) is 83.6 Å². The first-order valence-corrected chi connectivity index (χ1v) is 7.44. The highest BCUT2D eigenvalue weighted by Crippen LogP contribution is 2.34. The zero-order valence-electron chi connectivity index (χ0n) is 11.9. The number of rotatable bonds is 3. The predicted molar refractivity (Wildman–Crippen MR) is 77.5 cm³/mol. The van der Waals surface area contributed by atoms with E-state index in [0.717, 1.165) is 30.4 Å².